The van der Waals surface area contributed by atoms with Crippen molar-refractivity contribution in [3.05, 3.63) is 83.4 Å². The average Bonchev–Trinajstić information content (AvgIpc) is 3.67. The number of nitrogens with zero attached hydrogens (tertiary/aromatic N) is 4. The number of hydrogen-bond donors (Lipinski definition) is 2. The Kier molecular flexibility index (Phi) is 8.13. The Labute approximate surface area is 283 Å². The third-order valence-corrected chi connectivity index (χ3v) is 9.47. The van der Waals surface area contributed by atoms with Crippen LogP contribution in [0.2, 0.25) is 0 Å². The van der Waals surface area contributed by atoms with E-state index in [-0.39, 0.29) is 59.9 Å². The van der Waals surface area contributed by atoms with Crippen LogP contribution in [0.1, 0.15) is 47.8 Å². The predicted molar refractivity (Wildman–Crippen MR) is 170 cm³/mol. The highest BCUT2D eigenvalue weighted by molar-refractivity contribution is 6.00. The second-order valence-corrected chi connectivity index (χ2v) is 13.1. The number of ether oxygens (including phenoxy) is 2. The van der Waals surface area contributed by atoms with Crippen LogP contribution in [-0.4, -0.2) is 70.3 Å². The Morgan fingerprint density at radius 3 is 2.60 bits per heavy atom. The number of carbonyl (C=O) groups excluding carboxylic acids is 2. The first kappa shape index (κ1) is 33.2. The fourth-order valence-corrected chi connectivity index (χ4v) is 6.37. The van der Waals surface area contributed by atoms with Gasteiger partial charge >= 0.3 is 6.18 Å². The average molecular weight is 690 g/mol. The lowest BCUT2D eigenvalue weighted by Gasteiger charge is -2.32. The topological polar surface area (TPSA) is 138 Å². The zero-order valence-corrected chi connectivity index (χ0v) is 26.8. The lowest BCUT2D eigenvalue weighted by atomic mass is 9.81. The fourth-order valence-electron chi connectivity index (χ4n) is 6.37. The van der Waals surface area contributed by atoms with Crippen LogP contribution in [0.15, 0.2) is 60.8 Å². The summed E-state index contributed by atoms with van der Waals surface area (Å²) in [4.78, 5) is 37.3. The Hall–Kier alpha value is -5.29. The van der Waals surface area contributed by atoms with Gasteiger partial charge in [-0.05, 0) is 74.7 Å². The van der Waals surface area contributed by atoms with E-state index in [0.29, 0.717) is 23.1 Å². The summed E-state index contributed by atoms with van der Waals surface area (Å²) in [6.45, 7) is 0.359. The molecule has 2 aliphatic heterocycles. The van der Waals surface area contributed by atoms with Crippen molar-refractivity contribution in [3.8, 4) is 28.8 Å². The number of carbonyl (C=O) groups is 2. The van der Waals surface area contributed by atoms with Gasteiger partial charge in [0.2, 0.25) is 11.5 Å². The molecule has 4 aromatic rings. The lowest BCUT2D eigenvalue weighted by Crippen LogP contribution is -2.52. The van der Waals surface area contributed by atoms with Gasteiger partial charge in [0.25, 0.3) is 5.91 Å². The SMILES string of the molecule is C[C@]1(C(=O)N2CCC(C#N)C2)COc2c1cc(C(O)(CNC(=O)c1cc(OC3CC3)c3ncccc3c1)C(F)(F)F)nc2-c1ccc(F)cc1. The monoisotopic (exact) mass is 689 g/mol. The number of aromatic nitrogens is 2. The number of nitriles is 1. The molecule has 2 aromatic carbocycles. The van der Waals surface area contributed by atoms with Crippen LogP contribution in [0, 0.1) is 23.1 Å². The molecule has 7 rings (SSSR count). The van der Waals surface area contributed by atoms with E-state index in [1.165, 1.54) is 36.1 Å². The van der Waals surface area contributed by atoms with Crippen molar-refractivity contribution in [1.29, 1.82) is 5.26 Å². The molecule has 10 nitrogen and oxygen atoms in total. The summed E-state index contributed by atoms with van der Waals surface area (Å²) in [7, 11) is 0. The molecule has 2 fully saturated rings. The summed E-state index contributed by atoms with van der Waals surface area (Å²) in [6, 6.07) is 14.1. The van der Waals surface area contributed by atoms with Crippen molar-refractivity contribution < 1.29 is 41.7 Å². The van der Waals surface area contributed by atoms with Crippen LogP contribution in [0.5, 0.6) is 11.5 Å². The normalized spacial score (nSPS) is 21.2. The molecule has 2 unspecified atom stereocenters. The summed E-state index contributed by atoms with van der Waals surface area (Å²) >= 11 is 0. The van der Waals surface area contributed by atoms with Crippen LogP contribution in [-0.2, 0) is 15.8 Å². The molecular formula is C36H31F4N5O5. The number of pyridine rings is 2. The maximum Gasteiger partial charge on any atom is 0.424 e. The van der Waals surface area contributed by atoms with Crippen molar-refractivity contribution in [1.82, 2.24) is 20.2 Å². The largest absolute Gasteiger partial charge is 0.489 e. The zero-order chi connectivity index (χ0) is 35.4. The van der Waals surface area contributed by atoms with E-state index < -0.39 is 47.1 Å². The highest BCUT2D eigenvalue weighted by Crippen LogP contribution is 2.48. The summed E-state index contributed by atoms with van der Waals surface area (Å²) in [5.41, 5.74) is -5.61. The van der Waals surface area contributed by atoms with Crippen molar-refractivity contribution in [2.75, 3.05) is 26.2 Å². The molecule has 3 atom stereocenters. The molecule has 2 N–H and O–H groups in total. The molecule has 14 heteroatoms. The van der Waals surface area contributed by atoms with Crippen molar-refractivity contribution in [2.45, 2.75) is 49.5 Å². The van der Waals surface area contributed by atoms with Crippen LogP contribution in [0.4, 0.5) is 17.6 Å². The van der Waals surface area contributed by atoms with Crippen LogP contribution in [0.25, 0.3) is 22.2 Å². The Morgan fingerprint density at radius 1 is 1.16 bits per heavy atom. The minimum Gasteiger partial charge on any atom is -0.489 e. The Balaban J connectivity index is 1.28. The number of aliphatic hydroxyl groups is 1. The smallest absolute Gasteiger partial charge is 0.424 e. The first-order valence-corrected chi connectivity index (χ1v) is 16.1. The van der Waals surface area contributed by atoms with Gasteiger partial charge in [0.1, 0.15) is 40.5 Å². The number of fused-ring (bicyclic) bond motifs is 2. The van der Waals surface area contributed by atoms with Gasteiger partial charge in [-0.3, -0.25) is 14.6 Å². The minimum atomic E-state index is -5.37. The summed E-state index contributed by atoms with van der Waals surface area (Å²) in [5, 5.41) is 23.7. The zero-order valence-electron chi connectivity index (χ0n) is 26.8. The van der Waals surface area contributed by atoms with Gasteiger partial charge < -0.3 is 24.8 Å². The van der Waals surface area contributed by atoms with Crippen molar-refractivity contribution in [2.24, 2.45) is 5.92 Å². The molecule has 0 spiro atoms. The molecule has 2 aromatic heterocycles. The minimum absolute atomic E-state index is 0.00699. The molecule has 4 heterocycles. The van der Waals surface area contributed by atoms with E-state index in [0.717, 1.165) is 31.0 Å². The number of nitrogens with one attached hydrogen (secondary N) is 1. The number of hydrogen-bond acceptors (Lipinski definition) is 8. The number of benzene rings is 2. The Bertz CT molecular complexity index is 2050. The summed E-state index contributed by atoms with van der Waals surface area (Å²) < 4.78 is 70.8. The third-order valence-electron chi connectivity index (χ3n) is 9.47. The standard InChI is InChI=1S/C36H31F4N5O5/c1-34(33(47)45-12-10-20(16-41)17-45)19-49-31-26(34)15-28(44-30(31)21-4-6-24(37)7-5-21)35(48,36(38,39)40)18-43-32(46)23-13-22-3-2-11-42-29(22)27(14-23)50-25-8-9-25/h2-7,11,13-15,20,25,48H,8-10,12,17-19H2,1H3,(H,43,46)/t20?,34-,35?/m0/s1. The summed E-state index contributed by atoms with van der Waals surface area (Å²) in [6.07, 6.45) is -1.76. The fraction of sp³-hybridized carbons (Fsp3) is 0.361. The second kappa shape index (κ2) is 12.2. The number of likely N-dealkylation sites (tertiary alicyclic amines) is 1. The highest BCUT2D eigenvalue weighted by atomic mass is 19.4. The molecule has 1 saturated carbocycles. The molecule has 2 amide bonds. The van der Waals surface area contributed by atoms with E-state index in [1.807, 2.05) is 0 Å². The number of alkyl halides is 3. The second-order valence-electron chi connectivity index (χ2n) is 13.1. The van der Waals surface area contributed by atoms with Gasteiger partial charge in [0, 0.05) is 41.4 Å². The molecule has 0 radical (unpaired) electrons. The van der Waals surface area contributed by atoms with Crippen LogP contribution >= 0.6 is 0 Å². The van der Waals surface area contributed by atoms with E-state index in [1.54, 1.807) is 18.3 Å². The molecule has 0 bridgehead atoms. The van der Waals surface area contributed by atoms with Crippen LogP contribution in [0.3, 0.4) is 0 Å². The van der Waals surface area contributed by atoms with Gasteiger partial charge in [-0.15, -0.1) is 0 Å². The quantitative estimate of drug-likeness (QED) is 0.242. The number of amides is 2. The predicted octanol–water partition coefficient (Wildman–Crippen LogP) is 5.18. The molecule has 50 heavy (non-hydrogen) atoms. The summed E-state index contributed by atoms with van der Waals surface area (Å²) in [5.74, 6) is -2.05. The highest BCUT2D eigenvalue weighted by Gasteiger charge is 2.58. The molecule has 3 aliphatic rings. The van der Waals surface area contributed by atoms with Crippen molar-refractivity contribution >= 4 is 22.7 Å². The van der Waals surface area contributed by atoms with E-state index in [9.17, 15) is 24.3 Å². The van der Waals surface area contributed by atoms with Gasteiger partial charge in [-0.2, -0.15) is 18.4 Å². The molecule has 258 valence electrons. The third kappa shape index (κ3) is 5.85. The first-order valence-electron chi connectivity index (χ1n) is 16.1. The first-order chi connectivity index (χ1) is 23.8. The van der Waals surface area contributed by atoms with E-state index >= 15 is 13.2 Å². The maximum absolute atomic E-state index is 15.0. The number of halogens is 4. The molecular weight excluding hydrogens is 658 g/mol. The van der Waals surface area contributed by atoms with Gasteiger partial charge in [-0.25, -0.2) is 9.37 Å². The van der Waals surface area contributed by atoms with E-state index in [2.05, 4.69) is 21.4 Å². The van der Waals surface area contributed by atoms with Crippen molar-refractivity contribution in [3.63, 3.8) is 0 Å². The van der Waals surface area contributed by atoms with Crippen LogP contribution < -0.4 is 14.8 Å². The lowest BCUT2D eigenvalue weighted by molar-refractivity contribution is -0.265. The van der Waals surface area contributed by atoms with E-state index in [4.69, 9.17) is 9.47 Å². The van der Waals surface area contributed by atoms with Gasteiger partial charge in [-0.1, -0.05) is 6.07 Å². The van der Waals surface area contributed by atoms with Gasteiger partial charge in [0.15, 0.2) is 0 Å². The maximum atomic E-state index is 15.0. The van der Waals surface area contributed by atoms with Gasteiger partial charge in [0.05, 0.1) is 30.3 Å². The molecule has 1 aliphatic carbocycles. The number of rotatable bonds is 8. The Morgan fingerprint density at radius 2 is 1.92 bits per heavy atom. The molecule has 1 saturated heterocycles.